The maximum Gasteiger partial charge on any atom is 0.261 e. The Hall–Kier alpha value is -11.8. The van der Waals surface area contributed by atoms with Crippen molar-refractivity contribution < 1.29 is 8.83 Å². The van der Waals surface area contributed by atoms with Gasteiger partial charge in [-0.25, -0.2) is 0 Å². The fourth-order valence-electron chi connectivity index (χ4n) is 15.4. The molecule has 18 rings (SSSR count). The number of aromatic nitrogens is 2. The molecule has 0 fully saturated rings. The molecule has 0 radical (unpaired) electrons. The summed E-state index contributed by atoms with van der Waals surface area (Å²) in [4.78, 5) is 14.9. The van der Waals surface area contributed by atoms with Crippen LogP contribution in [0.3, 0.4) is 0 Å². The average Bonchev–Trinajstić information content (AvgIpc) is 1.63. The quantitative estimate of drug-likeness (QED) is 0.134. The number of hydrogen-bond acceptors (Lipinski definition) is 6. The molecule has 12 aromatic carbocycles. The van der Waals surface area contributed by atoms with Crippen molar-refractivity contribution in [1.82, 2.24) is 9.97 Å². The van der Waals surface area contributed by atoms with Gasteiger partial charge >= 0.3 is 0 Å². The molecule has 4 aromatic heterocycles. The Morgan fingerprint density at radius 3 is 1.02 bits per heavy atom. The Balaban J connectivity index is 1.07. The Labute approximate surface area is 565 Å². The third-order valence-electron chi connectivity index (χ3n) is 20.1. The first-order chi connectivity index (χ1) is 47.4. The van der Waals surface area contributed by atoms with Crippen molar-refractivity contribution in [3.63, 3.8) is 0 Å². The normalized spacial score (nSPS) is 12.8. The topological polar surface area (TPSA) is 58.5 Å². The second-order valence-corrected chi connectivity index (χ2v) is 28.1. The molecule has 2 aliphatic heterocycles. The van der Waals surface area contributed by atoms with E-state index in [4.69, 9.17) is 18.8 Å². The highest BCUT2D eigenvalue weighted by Gasteiger charge is 2.49. The van der Waals surface area contributed by atoms with Crippen LogP contribution in [0.2, 0.25) is 0 Å². The molecule has 2 aliphatic rings. The summed E-state index contributed by atoms with van der Waals surface area (Å²) in [5.41, 5.74) is 29.8. The van der Waals surface area contributed by atoms with Gasteiger partial charge in [0.05, 0.1) is 11.4 Å². The molecule has 0 spiro atoms. The van der Waals surface area contributed by atoms with Gasteiger partial charge in [-0.2, -0.15) is 0 Å². The molecule has 0 bridgehead atoms. The molecule has 16 aromatic rings. The van der Waals surface area contributed by atoms with Gasteiger partial charge in [-0.3, -0.25) is 9.97 Å². The molecule has 97 heavy (non-hydrogen) atoms. The van der Waals surface area contributed by atoms with E-state index in [0.717, 1.165) is 172 Å². The highest BCUT2D eigenvalue weighted by atomic mass is 16.3. The summed E-state index contributed by atoms with van der Waals surface area (Å²) in [5.74, 6) is 0. The Bertz CT molecular complexity index is 5430. The van der Waals surface area contributed by atoms with E-state index in [1.807, 2.05) is 24.8 Å². The van der Waals surface area contributed by atoms with E-state index in [1.165, 1.54) is 11.1 Å². The maximum atomic E-state index is 7.84. The Morgan fingerprint density at radius 1 is 0.289 bits per heavy atom. The van der Waals surface area contributed by atoms with Crippen molar-refractivity contribution in [2.24, 2.45) is 0 Å². The van der Waals surface area contributed by atoms with Gasteiger partial charge in [-0.05, 0) is 179 Å². The van der Waals surface area contributed by atoms with Crippen molar-refractivity contribution in [2.45, 2.75) is 52.4 Å². The van der Waals surface area contributed by atoms with E-state index < -0.39 is 6.71 Å². The van der Waals surface area contributed by atoms with Crippen molar-refractivity contribution in [2.75, 3.05) is 9.80 Å². The minimum atomic E-state index is -0.499. The van der Waals surface area contributed by atoms with E-state index in [1.54, 1.807) is 0 Å². The average molecular weight is 1250 g/mol. The molecule has 7 heteroatoms. The van der Waals surface area contributed by atoms with Crippen LogP contribution in [-0.4, -0.2) is 16.7 Å². The standard InChI is InChI=1S/C90H67BN4O2/c1-89(2,3)66-38-42-80-72(50-66)82-70(63-34-22-44-92-54-63)52-78-85(87(82)96-80)91-84-76(94(78)74-40-36-61(56-24-12-7-13-25-56)46-68(74)59-30-18-10-19-31-59)48-65(58-28-16-9-17-29-58)49-77(84)95(75-41-37-62(57-26-14-8-15-27-57)47-69(75)60-32-20-11-21-33-60)79-53-71(64-35-23-45-93-55-64)83-73-51-67(90(4,5)6)39-43-81(73)97-88(83)86(79)91/h7-55H,1-6H3. The van der Waals surface area contributed by atoms with Crippen LogP contribution in [0.25, 0.3) is 122 Å². The van der Waals surface area contributed by atoms with Crippen LogP contribution < -0.4 is 26.2 Å². The van der Waals surface area contributed by atoms with E-state index in [0.29, 0.717) is 0 Å². The summed E-state index contributed by atoms with van der Waals surface area (Å²) >= 11 is 0. The zero-order valence-electron chi connectivity index (χ0n) is 55.0. The van der Waals surface area contributed by atoms with E-state index >= 15 is 0 Å². The number of benzene rings is 12. The highest BCUT2D eigenvalue weighted by molar-refractivity contribution is 7.03. The predicted molar refractivity (Wildman–Crippen MR) is 406 cm³/mol. The van der Waals surface area contributed by atoms with Crippen LogP contribution >= 0.6 is 0 Å². The molecule has 6 nitrogen and oxygen atoms in total. The highest BCUT2D eigenvalue weighted by Crippen LogP contribution is 2.55. The van der Waals surface area contributed by atoms with Crippen LogP contribution in [0.1, 0.15) is 52.7 Å². The summed E-state index contributed by atoms with van der Waals surface area (Å²) in [7, 11) is 0. The number of rotatable bonds is 9. The van der Waals surface area contributed by atoms with Crippen molar-refractivity contribution in [3.05, 3.63) is 309 Å². The Kier molecular flexibility index (Phi) is 13.4. The molecule has 0 aliphatic carbocycles. The van der Waals surface area contributed by atoms with Crippen molar-refractivity contribution >= 4 is 101 Å². The van der Waals surface area contributed by atoms with Crippen LogP contribution in [0, 0.1) is 0 Å². The van der Waals surface area contributed by atoms with E-state index in [9.17, 15) is 0 Å². The maximum absolute atomic E-state index is 7.84. The third kappa shape index (κ3) is 9.54. The van der Waals surface area contributed by atoms with Gasteiger partial charge in [0.15, 0.2) is 0 Å². The molecule has 0 saturated carbocycles. The SMILES string of the molecule is CC(C)(C)c1ccc2oc3c4c(cc(-c5cccnc5)c3c2c1)N(c1ccc(-c2ccccc2)cc1-c1ccccc1)c1cc(-c2ccccc2)cc2c1B4c1c(cc(-c3cccnc3)c3c1oc1ccc(C(C)(C)C)cc13)N2c1ccc(-c2ccccc2)cc1-c1ccccc1. The molecule has 6 heterocycles. The molecule has 0 unspecified atom stereocenters. The second-order valence-electron chi connectivity index (χ2n) is 28.1. The number of fused-ring (bicyclic) bond motifs is 12. The third-order valence-corrected chi connectivity index (χ3v) is 20.1. The lowest BCUT2D eigenvalue weighted by Crippen LogP contribution is -2.61. The number of nitrogens with zero attached hydrogens (tertiary/aromatic N) is 4. The number of pyridine rings is 2. The van der Waals surface area contributed by atoms with Crippen LogP contribution in [0.4, 0.5) is 34.1 Å². The smallest absolute Gasteiger partial charge is 0.261 e. The summed E-state index contributed by atoms with van der Waals surface area (Å²) in [6.07, 6.45) is 7.75. The minimum Gasteiger partial charge on any atom is -0.456 e. The first-order valence-corrected chi connectivity index (χ1v) is 33.6. The molecule has 0 saturated heterocycles. The largest absolute Gasteiger partial charge is 0.456 e. The molecule has 0 N–H and O–H groups in total. The van der Waals surface area contributed by atoms with E-state index in [-0.39, 0.29) is 10.8 Å². The lowest BCUT2D eigenvalue weighted by Gasteiger charge is -2.45. The second kappa shape index (κ2) is 22.4. The van der Waals surface area contributed by atoms with Crippen molar-refractivity contribution in [3.8, 4) is 77.9 Å². The number of furan rings is 2. The number of hydrogen-bond donors (Lipinski definition) is 0. The fraction of sp³-hybridized carbons (Fsp3) is 0.0889. The summed E-state index contributed by atoms with van der Waals surface area (Å²) in [5, 5.41) is 4.18. The van der Waals surface area contributed by atoms with Gasteiger partial charge in [0, 0.05) is 91.3 Å². The van der Waals surface area contributed by atoms with Crippen LogP contribution in [0.15, 0.2) is 307 Å². The zero-order valence-corrected chi connectivity index (χ0v) is 55.0. The zero-order chi connectivity index (χ0) is 65.3. The Morgan fingerprint density at radius 2 is 0.649 bits per heavy atom. The van der Waals surface area contributed by atoms with Gasteiger partial charge in [0.1, 0.15) is 22.3 Å². The van der Waals surface area contributed by atoms with Crippen LogP contribution in [0.5, 0.6) is 0 Å². The minimum absolute atomic E-state index is 0.156. The summed E-state index contributed by atoms with van der Waals surface area (Å²) in [6, 6.07) is 100. The fourth-order valence-corrected chi connectivity index (χ4v) is 15.4. The molecule has 0 atom stereocenters. The lowest BCUT2D eigenvalue weighted by molar-refractivity contribution is 0.590. The van der Waals surface area contributed by atoms with Gasteiger partial charge in [-0.15, -0.1) is 0 Å². The van der Waals surface area contributed by atoms with E-state index in [2.05, 4.69) is 324 Å². The summed E-state index contributed by atoms with van der Waals surface area (Å²) < 4.78 is 15.7. The van der Waals surface area contributed by atoms with Crippen LogP contribution in [-0.2, 0) is 10.8 Å². The van der Waals surface area contributed by atoms with Gasteiger partial charge in [0.25, 0.3) is 6.71 Å². The summed E-state index contributed by atoms with van der Waals surface area (Å²) in [6.45, 7) is 13.2. The lowest BCUT2D eigenvalue weighted by atomic mass is 9.33. The molecular weight excluding hydrogens is 1180 g/mol. The first-order valence-electron chi connectivity index (χ1n) is 33.6. The van der Waals surface area contributed by atoms with Gasteiger partial charge in [0.2, 0.25) is 0 Å². The molecular formula is C90H67BN4O2. The molecule has 462 valence electrons. The monoisotopic (exact) mass is 1250 g/mol. The predicted octanol–water partition coefficient (Wildman–Crippen LogP) is 22.6. The van der Waals surface area contributed by atoms with Crippen molar-refractivity contribution in [1.29, 1.82) is 0 Å². The molecule has 0 amide bonds. The van der Waals surface area contributed by atoms with Gasteiger partial charge < -0.3 is 18.6 Å². The van der Waals surface area contributed by atoms with Gasteiger partial charge in [-0.1, -0.05) is 230 Å². The first kappa shape index (κ1) is 57.8. The number of anilines is 6.